The summed E-state index contributed by atoms with van der Waals surface area (Å²) in [5, 5.41) is 5.19. The number of carbonyl (C=O) groups is 2. The summed E-state index contributed by atoms with van der Waals surface area (Å²) in [7, 11) is 0. The number of morpholine rings is 1. The standard InChI is InChI=1S/C33H43FN4O3S/c1-24(2)29-8-5-9-30(25(3)4)32(29)35-33(40)37(15-14-36-16-18-41-19-17-36)23-31(39)38(22-28-7-6-20-42-28)21-26-10-12-27(34)13-11-26/h5-13,20,24-25H,14-19,21-23H2,1-4H3,(H,35,40). The molecule has 0 spiro atoms. The van der Waals surface area contributed by atoms with Crippen molar-refractivity contribution in [2.45, 2.75) is 52.6 Å². The second-order valence-electron chi connectivity index (χ2n) is 11.4. The lowest BCUT2D eigenvalue weighted by atomic mass is 9.93. The van der Waals surface area contributed by atoms with Gasteiger partial charge in [-0.05, 0) is 52.1 Å². The van der Waals surface area contributed by atoms with Gasteiger partial charge in [0.1, 0.15) is 12.4 Å². The number of hydrogen-bond acceptors (Lipinski definition) is 5. The molecule has 0 atom stereocenters. The van der Waals surface area contributed by atoms with Crippen molar-refractivity contribution in [1.29, 1.82) is 0 Å². The SMILES string of the molecule is CC(C)c1cccc(C(C)C)c1NC(=O)N(CCN1CCOCC1)CC(=O)N(Cc1ccc(F)cc1)Cc1cccs1. The quantitative estimate of drug-likeness (QED) is 0.259. The molecule has 0 bridgehead atoms. The fraction of sp³-hybridized carbons (Fsp3) is 0.455. The topological polar surface area (TPSA) is 65.1 Å². The summed E-state index contributed by atoms with van der Waals surface area (Å²) < 4.78 is 19.1. The molecule has 1 fully saturated rings. The molecular formula is C33H43FN4O3S. The van der Waals surface area contributed by atoms with Crippen LogP contribution in [-0.4, -0.2) is 72.6 Å². The lowest BCUT2D eigenvalue weighted by Gasteiger charge is -2.32. The maximum atomic E-state index is 14.0. The van der Waals surface area contributed by atoms with Crippen LogP contribution in [0.4, 0.5) is 14.9 Å². The van der Waals surface area contributed by atoms with Gasteiger partial charge in [-0.3, -0.25) is 9.69 Å². The van der Waals surface area contributed by atoms with E-state index in [1.54, 1.807) is 33.3 Å². The molecule has 9 heteroatoms. The molecule has 1 aliphatic heterocycles. The Hall–Kier alpha value is -3.27. The summed E-state index contributed by atoms with van der Waals surface area (Å²) in [6.07, 6.45) is 0. The van der Waals surface area contributed by atoms with Crippen molar-refractivity contribution in [3.05, 3.63) is 87.4 Å². The number of nitrogens with one attached hydrogen (secondary N) is 1. The second kappa shape index (κ2) is 15.3. The zero-order valence-corrected chi connectivity index (χ0v) is 26.0. The molecule has 7 nitrogen and oxygen atoms in total. The maximum absolute atomic E-state index is 14.0. The molecule has 3 amide bonds. The monoisotopic (exact) mass is 594 g/mol. The predicted octanol–water partition coefficient (Wildman–Crippen LogP) is 6.53. The van der Waals surface area contributed by atoms with E-state index in [0.717, 1.165) is 40.3 Å². The molecule has 4 rings (SSSR count). The van der Waals surface area contributed by atoms with Crippen molar-refractivity contribution in [3.63, 3.8) is 0 Å². The number of nitrogens with zero attached hydrogens (tertiary/aromatic N) is 3. The number of urea groups is 1. The first-order chi connectivity index (χ1) is 20.2. The van der Waals surface area contributed by atoms with Gasteiger partial charge < -0.3 is 19.9 Å². The number of hydrogen-bond donors (Lipinski definition) is 1. The maximum Gasteiger partial charge on any atom is 0.322 e. The van der Waals surface area contributed by atoms with E-state index >= 15 is 0 Å². The molecule has 1 saturated heterocycles. The highest BCUT2D eigenvalue weighted by Crippen LogP contribution is 2.32. The van der Waals surface area contributed by atoms with Gasteiger partial charge >= 0.3 is 6.03 Å². The molecule has 0 radical (unpaired) electrons. The van der Waals surface area contributed by atoms with Gasteiger partial charge in [0.2, 0.25) is 5.91 Å². The van der Waals surface area contributed by atoms with Crippen LogP contribution in [-0.2, 0) is 22.6 Å². The van der Waals surface area contributed by atoms with E-state index in [2.05, 4.69) is 50.0 Å². The molecule has 0 unspecified atom stereocenters. The van der Waals surface area contributed by atoms with Crippen molar-refractivity contribution in [2.75, 3.05) is 51.3 Å². The zero-order valence-electron chi connectivity index (χ0n) is 25.1. The van der Waals surface area contributed by atoms with E-state index in [4.69, 9.17) is 4.74 Å². The highest BCUT2D eigenvalue weighted by Gasteiger charge is 2.25. The molecule has 1 N–H and O–H groups in total. The Labute approximate surface area is 253 Å². The average molecular weight is 595 g/mol. The van der Waals surface area contributed by atoms with E-state index in [1.165, 1.54) is 12.1 Å². The fourth-order valence-electron chi connectivity index (χ4n) is 5.12. The summed E-state index contributed by atoms with van der Waals surface area (Å²) in [5.41, 5.74) is 3.81. The summed E-state index contributed by atoms with van der Waals surface area (Å²) >= 11 is 1.58. The number of benzene rings is 2. The first-order valence-corrected chi connectivity index (χ1v) is 15.6. The Balaban J connectivity index is 1.58. The Morgan fingerprint density at radius 1 is 0.929 bits per heavy atom. The van der Waals surface area contributed by atoms with Crippen LogP contribution in [0.25, 0.3) is 0 Å². The van der Waals surface area contributed by atoms with Crippen molar-refractivity contribution < 1.29 is 18.7 Å². The van der Waals surface area contributed by atoms with Crippen LogP contribution in [0.2, 0.25) is 0 Å². The van der Waals surface area contributed by atoms with Crippen molar-refractivity contribution in [3.8, 4) is 0 Å². The Kier molecular flexibility index (Phi) is 11.5. The minimum atomic E-state index is -0.316. The molecule has 1 aliphatic rings. The first-order valence-electron chi connectivity index (χ1n) is 14.7. The lowest BCUT2D eigenvalue weighted by Crippen LogP contribution is -2.48. The van der Waals surface area contributed by atoms with Crippen molar-refractivity contribution in [1.82, 2.24) is 14.7 Å². The summed E-state index contributed by atoms with van der Waals surface area (Å²) in [6, 6.07) is 16.0. The number of carbonyl (C=O) groups excluding carboxylic acids is 2. The number of halogens is 1. The van der Waals surface area contributed by atoms with Crippen LogP contribution in [0.15, 0.2) is 60.0 Å². The molecule has 2 aromatic carbocycles. The van der Waals surface area contributed by atoms with Gasteiger partial charge in [-0.1, -0.05) is 64.1 Å². The Morgan fingerprint density at radius 3 is 2.19 bits per heavy atom. The zero-order chi connectivity index (χ0) is 30.1. The first kappa shape index (κ1) is 31.7. The minimum Gasteiger partial charge on any atom is -0.379 e. The van der Waals surface area contributed by atoms with Gasteiger partial charge in [0, 0.05) is 43.3 Å². The van der Waals surface area contributed by atoms with Crippen LogP contribution in [0.3, 0.4) is 0 Å². The fourth-order valence-corrected chi connectivity index (χ4v) is 5.84. The Bertz CT molecular complexity index is 1260. The van der Waals surface area contributed by atoms with Crippen molar-refractivity contribution in [2.24, 2.45) is 0 Å². The van der Waals surface area contributed by atoms with Gasteiger partial charge in [0.05, 0.1) is 19.8 Å². The van der Waals surface area contributed by atoms with Gasteiger partial charge in [-0.25, -0.2) is 9.18 Å². The number of thiophene rings is 1. The van der Waals surface area contributed by atoms with E-state index in [-0.39, 0.29) is 36.1 Å². The van der Waals surface area contributed by atoms with Gasteiger partial charge in [0.15, 0.2) is 0 Å². The number of para-hydroxylation sites is 1. The van der Waals surface area contributed by atoms with E-state index < -0.39 is 0 Å². The molecule has 2 heterocycles. The Morgan fingerprint density at radius 2 is 1.60 bits per heavy atom. The summed E-state index contributed by atoms with van der Waals surface area (Å²) in [4.78, 5) is 34.6. The van der Waals surface area contributed by atoms with Gasteiger partial charge in [-0.15, -0.1) is 11.3 Å². The molecule has 0 saturated carbocycles. The number of rotatable bonds is 12. The third kappa shape index (κ3) is 8.86. The molecule has 226 valence electrons. The summed E-state index contributed by atoms with van der Waals surface area (Å²) in [6.45, 7) is 13.1. The average Bonchev–Trinajstić information content (AvgIpc) is 3.49. The van der Waals surface area contributed by atoms with E-state index in [9.17, 15) is 14.0 Å². The van der Waals surface area contributed by atoms with Gasteiger partial charge in [0.25, 0.3) is 0 Å². The van der Waals surface area contributed by atoms with Gasteiger partial charge in [-0.2, -0.15) is 0 Å². The number of amides is 3. The van der Waals surface area contributed by atoms with Crippen LogP contribution in [0.1, 0.15) is 61.1 Å². The van der Waals surface area contributed by atoms with Crippen LogP contribution in [0, 0.1) is 5.82 Å². The summed E-state index contributed by atoms with van der Waals surface area (Å²) in [5.74, 6) is -0.0341. The third-order valence-electron chi connectivity index (χ3n) is 7.57. The normalized spacial score (nSPS) is 13.9. The molecular weight excluding hydrogens is 551 g/mol. The number of anilines is 1. The van der Waals surface area contributed by atoms with E-state index in [0.29, 0.717) is 39.4 Å². The lowest BCUT2D eigenvalue weighted by molar-refractivity contribution is -0.133. The molecule has 0 aliphatic carbocycles. The third-order valence-corrected chi connectivity index (χ3v) is 8.44. The van der Waals surface area contributed by atoms with E-state index in [1.807, 2.05) is 23.6 Å². The second-order valence-corrected chi connectivity index (χ2v) is 12.4. The van der Waals surface area contributed by atoms with Crippen LogP contribution in [0.5, 0.6) is 0 Å². The molecule has 42 heavy (non-hydrogen) atoms. The highest BCUT2D eigenvalue weighted by atomic mass is 32.1. The van der Waals surface area contributed by atoms with Crippen molar-refractivity contribution >= 4 is 29.0 Å². The largest absolute Gasteiger partial charge is 0.379 e. The number of ether oxygens (including phenoxy) is 1. The van der Waals surface area contributed by atoms with Crippen LogP contribution >= 0.6 is 11.3 Å². The smallest absolute Gasteiger partial charge is 0.322 e. The predicted molar refractivity (Wildman–Crippen MR) is 167 cm³/mol. The molecule has 3 aromatic rings. The molecule has 1 aromatic heterocycles. The van der Waals surface area contributed by atoms with Crippen LogP contribution < -0.4 is 5.32 Å². The highest BCUT2D eigenvalue weighted by molar-refractivity contribution is 7.09. The minimum absolute atomic E-state index is 0.0659.